The zero-order valence-electron chi connectivity index (χ0n) is 12.4. The fourth-order valence-electron chi connectivity index (χ4n) is 1.91. The minimum absolute atomic E-state index is 0.116. The van der Waals surface area contributed by atoms with E-state index in [1.54, 1.807) is 6.92 Å². The van der Waals surface area contributed by atoms with Crippen LogP contribution in [-0.2, 0) is 4.74 Å². The Morgan fingerprint density at radius 2 is 1.96 bits per heavy atom. The second-order valence-corrected chi connectivity index (χ2v) is 5.62. The highest BCUT2D eigenvalue weighted by molar-refractivity contribution is 6.41. The van der Waals surface area contributed by atoms with Crippen LogP contribution in [0.3, 0.4) is 0 Å². The van der Waals surface area contributed by atoms with Crippen molar-refractivity contribution in [2.45, 2.75) is 13.0 Å². The summed E-state index contributed by atoms with van der Waals surface area (Å²) in [4.78, 5) is 15.9. The predicted octanol–water partition coefficient (Wildman–Crippen LogP) is 4.36. The average molecular weight is 364 g/mol. The Bertz CT molecular complexity index is 868. The zero-order valence-corrected chi connectivity index (χ0v) is 14.0. The Balaban J connectivity index is 1.73. The van der Waals surface area contributed by atoms with Crippen molar-refractivity contribution in [1.29, 1.82) is 0 Å². The van der Waals surface area contributed by atoms with E-state index < -0.39 is 12.1 Å². The number of hydrogen-bond acceptors (Lipinski definition) is 6. The molecule has 0 radical (unpaired) electrons. The number of hydrogen-bond donors (Lipinski definition) is 0. The molecule has 0 saturated carbocycles. The highest BCUT2D eigenvalue weighted by Gasteiger charge is 2.20. The fraction of sp³-hybridized carbons (Fsp3) is 0.125. The first-order chi connectivity index (χ1) is 11.5. The number of aromatic nitrogens is 3. The highest BCUT2D eigenvalue weighted by atomic mass is 35.5. The van der Waals surface area contributed by atoms with Gasteiger partial charge in [-0.25, -0.2) is 9.78 Å². The maximum Gasteiger partial charge on any atom is 0.340 e. The monoisotopic (exact) mass is 363 g/mol. The Morgan fingerprint density at radius 1 is 1.21 bits per heavy atom. The van der Waals surface area contributed by atoms with Gasteiger partial charge in [-0.1, -0.05) is 41.4 Å². The lowest BCUT2D eigenvalue weighted by Gasteiger charge is -2.09. The molecule has 122 valence electrons. The second kappa shape index (κ2) is 6.98. The number of carbonyl (C=O) groups is 1. The van der Waals surface area contributed by atoms with Crippen molar-refractivity contribution < 1.29 is 13.9 Å². The van der Waals surface area contributed by atoms with Gasteiger partial charge in [0, 0.05) is 11.8 Å². The Hall–Kier alpha value is -2.44. The summed E-state index contributed by atoms with van der Waals surface area (Å²) >= 11 is 11.6. The van der Waals surface area contributed by atoms with Crippen LogP contribution >= 0.6 is 23.2 Å². The Labute approximate surface area is 147 Å². The largest absolute Gasteiger partial charge is 0.449 e. The molecule has 1 aromatic carbocycles. The van der Waals surface area contributed by atoms with Gasteiger partial charge in [0.25, 0.3) is 5.89 Å². The Morgan fingerprint density at radius 3 is 2.67 bits per heavy atom. The van der Waals surface area contributed by atoms with Crippen LogP contribution in [0.15, 0.2) is 47.0 Å². The number of carbonyl (C=O) groups excluding carboxylic acids is 1. The van der Waals surface area contributed by atoms with Crippen LogP contribution < -0.4 is 0 Å². The van der Waals surface area contributed by atoms with Crippen molar-refractivity contribution in [3.05, 3.63) is 64.2 Å². The van der Waals surface area contributed by atoms with Gasteiger partial charge in [0.2, 0.25) is 5.89 Å². The van der Waals surface area contributed by atoms with E-state index >= 15 is 0 Å². The summed E-state index contributed by atoms with van der Waals surface area (Å²) in [5, 5.41) is 8.15. The normalized spacial score (nSPS) is 12.0. The number of ether oxygens (including phenoxy) is 1. The van der Waals surface area contributed by atoms with Gasteiger partial charge in [0.05, 0.1) is 10.6 Å². The van der Waals surface area contributed by atoms with E-state index in [9.17, 15) is 4.79 Å². The Kier molecular flexibility index (Phi) is 4.78. The van der Waals surface area contributed by atoms with E-state index in [4.69, 9.17) is 32.4 Å². The van der Waals surface area contributed by atoms with Crippen LogP contribution in [0.5, 0.6) is 0 Å². The molecular weight excluding hydrogens is 353 g/mol. The maximum atomic E-state index is 12.1. The first-order valence-electron chi connectivity index (χ1n) is 6.95. The molecule has 0 N–H and O–H groups in total. The molecule has 3 rings (SSSR count). The van der Waals surface area contributed by atoms with E-state index in [1.165, 1.54) is 12.3 Å². The minimum Gasteiger partial charge on any atom is -0.449 e. The molecule has 2 heterocycles. The van der Waals surface area contributed by atoms with Crippen LogP contribution in [0.25, 0.3) is 11.5 Å². The van der Waals surface area contributed by atoms with E-state index in [0.29, 0.717) is 5.89 Å². The van der Waals surface area contributed by atoms with Gasteiger partial charge in [-0.2, -0.15) is 0 Å². The molecule has 0 amide bonds. The van der Waals surface area contributed by atoms with Gasteiger partial charge in [0.1, 0.15) is 5.15 Å². The summed E-state index contributed by atoms with van der Waals surface area (Å²) in [5.74, 6) is -0.0760. The van der Waals surface area contributed by atoms with Crippen molar-refractivity contribution in [2.24, 2.45) is 0 Å². The molecule has 0 aliphatic carbocycles. The first kappa shape index (κ1) is 16.4. The summed E-state index contributed by atoms with van der Waals surface area (Å²) < 4.78 is 10.8. The van der Waals surface area contributed by atoms with Crippen molar-refractivity contribution in [3.63, 3.8) is 0 Å². The van der Waals surface area contributed by atoms with Crippen LogP contribution in [0.4, 0.5) is 0 Å². The third-order valence-corrected chi connectivity index (χ3v) is 3.81. The van der Waals surface area contributed by atoms with E-state index in [-0.39, 0.29) is 21.6 Å². The van der Waals surface area contributed by atoms with Crippen LogP contribution in [0.1, 0.15) is 29.3 Å². The van der Waals surface area contributed by atoms with Crippen LogP contribution in [0.2, 0.25) is 10.2 Å². The van der Waals surface area contributed by atoms with E-state index in [1.807, 2.05) is 30.3 Å². The van der Waals surface area contributed by atoms with Crippen molar-refractivity contribution in [1.82, 2.24) is 15.2 Å². The molecule has 6 nitrogen and oxygen atoms in total. The number of esters is 1. The molecule has 24 heavy (non-hydrogen) atoms. The lowest BCUT2D eigenvalue weighted by molar-refractivity contribution is 0.0279. The first-order valence-corrected chi connectivity index (χ1v) is 7.71. The van der Waals surface area contributed by atoms with Gasteiger partial charge in [-0.15, -0.1) is 10.2 Å². The molecular formula is C16H11Cl2N3O3. The van der Waals surface area contributed by atoms with Crippen molar-refractivity contribution >= 4 is 29.2 Å². The molecule has 0 bridgehead atoms. The van der Waals surface area contributed by atoms with Crippen molar-refractivity contribution in [3.8, 4) is 11.5 Å². The third-order valence-electron chi connectivity index (χ3n) is 3.12. The average Bonchev–Trinajstić information content (AvgIpc) is 3.08. The lowest BCUT2D eigenvalue weighted by atomic mass is 10.2. The van der Waals surface area contributed by atoms with Gasteiger partial charge >= 0.3 is 5.97 Å². The molecule has 0 fully saturated rings. The topological polar surface area (TPSA) is 78.1 Å². The summed E-state index contributed by atoms with van der Waals surface area (Å²) in [7, 11) is 0. The molecule has 0 aliphatic rings. The second-order valence-electron chi connectivity index (χ2n) is 4.86. The number of halogens is 2. The van der Waals surface area contributed by atoms with Gasteiger partial charge in [-0.05, 0) is 25.1 Å². The molecule has 0 spiro atoms. The van der Waals surface area contributed by atoms with Crippen molar-refractivity contribution in [2.75, 3.05) is 0 Å². The standard InChI is InChI=1S/C16H11Cl2N3O3/c1-9(23-16(22)11-7-12(17)13(18)19-8-11)14-20-21-15(24-14)10-5-3-2-4-6-10/h2-9H,1H3. The van der Waals surface area contributed by atoms with Gasteiger partial charge in [-0.3, -0.25) is 0 Å². The molecule has 3 aromatic rings. The molecule has 1 unspecified atom stereocenters. The molecule has 8 heteroatoms. The summed E-state index contributed by atoms with van der Waals surface area (Å²) in [6.45, 7) is 1.63. The molecule has 0 aliphatic heterocycles. The van der Waals surface area contributed by atoms with E-state index in [2.05, 4.69) is 15.2 Å². The maximum absolute atomic E-state index is 12.1. The number of nitrogens with zero attached hydrogens (tertiary/aromatic N) is 3. The molecule has 1 atom stereocenters. The lowest BCUT2D eigenvalue weighted by Crippen LogP contribution is -2.10. The highest BCUT2D eigenvalue weighted by Crippen LogP contribution is 2.24. The number of pyridine rings is 1. The number of rotatable bonds is 4. The summed E-state index contributed by atoms with van der Waals surface area (Å²) in [5.41, 5.74) is 0.961. The quantitative estimate of drug-likeness (QED) is 0.506. The number of benzene rings is 1. The minimum atomic E-state index is -0.725. The van der Waals surface area contributed by atoms with Crippen LogP contribution in [-0.4, -0.2) is 21.2 Å². The van der Waals surface area contributed by atoms with Gasteiger partial charge in [0.15, 0.2) is 6.10 Å². The van der Waals surface area contributed by atoms with E-state index in [0.717, 1.165) is 5.56 Å². The SMILES string of the molecule is CC(OC(=O)c1cnc(Cl)c(Cl)c1)c1nnc(-c2ccccc2)o1. The molecule has 2 aromatic heterocycles. The summed E-state index contributed by atoms with van der Waals surface area (Å²) in [6.07, 6.45) is 0.559. The summed E-state index contributed by atoms with van der Waals surface area (Å²) in [6, 6.07) is 10.7. The third kappa shape index (κ3) is 3.55. The smallest absolute Gasteiger partial charge is 0.340 e. The fourth-order valence-corrected chi connectivity index (χ4v) is 2.18. The van der Waals surface area contributed by atoms with Crippen LogP contribution in [0, 0.1) is 0 Å². The predicted molar refractivity (Wildman–Crippen MR) is 87.8 cm³/mol. The zero-order chi connectivity index (χ0) is 17.1. The van der Waals surface area contributed by atoms with Gasteiger partial charge < -0.3 is 9.15 Å². The molecule has 0 saturated heterocycles.